The first kappa shape index (κ1) is 13.4. The molecule has 1 rings (SSSR count). The molecule has 1 aromatic rings. The third-order valence-corrected chi connectivity index (χ3v) is 2.04. The van der Waals surface area contributed by atoms with E-state index < -0.39 is 35.2 Å². The molecular weight excluding hydrogens is 244 g/mol. The zero-order valence-electron chi connectivity index (χ0n) is 8.58. The zero-order valence-corrected chi connectivity index (χ0v) is 8.58. The monoisotopic (exact) mass is 252 g/mol. The first-order chi connectivity index (χ1) is 7.77. The summed E-state index contributed by atoms with van der Waals surface area (Å²) in [5.41, 5.74) is -1.93. The topological polar surface area (TPSA) is 46.5 Å². The normalized spacial score (nSPS) is 13.3. The second kappa shape index (κ2) is 4.70. The number of carbonyl (C=O) groups excluding carboxylic acids is 1. The fourth-order valence-corrected chi connectivity index (χ4v) is 1.17. The highest BCUT2D eigenvalue weighted by Gasteiger charge is 2.33. The molecule has 0 saturated carbocycles. The van der Waals surface area contributed by atoms with Crippen LogP contribution in [-0.4, -0.2) is 18.2 Å². The molecule has 1 aromatic carbocycles. The molecule has 0 fully saturated rings. The Morgan fingerprint density at radius 2 is 2.00 bits per heavy atom. The van der Waals surface area contributed by atoms with E-state index in [4.69, 9.17) is 0 Å². The van der Waals surface area contributed by atoms with E-state index in [1.807, 2.05) is 0 Å². The van der Waals surface area contributed by atoms with Gasteiger partial charge in [0.2, 0.25) is 0 Å². The molecule has 0 aromatic heterocycles. The van der Waals surface area contributed by atoms with E-state index in [0.29, 0.717) is 18.2 Å². The lowest BCUT2D eigenvalue weighted by atomic mass is 10.0. The molecular formula is C10H8F4O3. The van der Waals surface area contributed by atoms with Crippen LogP contribution in [0.3, 0.4) is 0 Å². The average Bonchev–Trinajstić information content (AvgIpc) is 2.26. The Hall–Kier alpha value is -1.63. The predicted molar refractivity (Wildman–Crippen MR) is 48.4 cm³/mol. The van der Waals surface area contributed by atoms with Gasteiger partial charge in [-0.25, -0.2) is 9.18 Å². The summed E-state index contributed by atoms with van der Waals surface area (Å²) in [7, 11) is 0.928. The Kier molecular flexibility index (Phi) is 3.72. The van der Waals surface area contributed by atoms with E-state index in [0.717, 1.165) is 7.11 Å². The zero-order chi connectivity index (χ0) is 13.2. The molecule has 0 heterocycles. The van der Waals surface area contributed by atoms with Crippen molar-refractivity contribution in [1.82, 2.24) is 0 Å². The van der Waals surface area contributed by atoms with Gasteiger partial charge in [-0.15, -0.1) is 0 Å². The van der Waals surface area contributed by atoms with Gasteiger partial charge in [-0.05, 0) is 18.2 Å². The SMILES string of the molecule is COC(=O)C(O)c1cc(C(F)(F)F)ccc1F. The fraction of sp³-hybridized carbons (Fsp3) is 0.300. The van der Waals surface area contributed by atoms with Gasteiger partial charge < -0.3 is 9.84 Å². The maximum atomic E-state index is 13.2. The summed E-state index contributed by atoms with van der Waals surface area (Å²) in [6.07, 6.45) is -6.76. The Morgan fingerprint density at radius 1 is 1.41 bits per heavy atom. The van der Waals surface area contributed by atoms with Crippen LogP contribution in [0.5, 0.6) is 0 Å². The van der Waals surface area contributed by atoms with Gasteiger partial charge >= 0.3 is 12.1 Å². The number of rotatable bonds is 2. The summed E-state index contributed by atoms with van der Waals surface area (Å²) in [4.78, 5) is 10.9. The summed E-state index contributed by atoms with van der Waals surface area (Å²) < 4.78 is 54.3. The molecule has 1 atom stereocenters. The summed E-state index contributed by atoms with van der Waals surface area (Å²) in [5.74, 6) is -2.35. The first-order valence-electron chi connectivity index (χ1n) is 4.40. The van der Waals surface area contributed by atoms with Gasteiger partial charge in [0, 0.05) is 5.56 Å². The van der Waals surface area contributed by atoms with E-state index in [1.54, 1.807) is 0 Å². The van der Waals surface area contributed by atoms with Gasteiger partial charge in [-0.3, -0.25) is 0 Å². The van der Waals surface area contributed by atoms with Crippen molar-refractivity contribution in [3.05, 3.63) is 35.1 Å². The number of benzene rings is 1. The highest BCUT2D eigenvalue weighted by molar-refractivity contribution is 5.76. The quantitative estimate of drug-likeness (QED) is 0.647. The van der Waals surface area contributed by atoms with Gasteiger partial charge in [0.25, 0.3) is 0 Å². The second-order valence-electron chi connectivity index (χ2n) is 3.16. The fourth-order valence-electron chi connectivity index (χ4n) is 1.17. The van der Waals surface area contributed by atoms with E-state index >= 15 is 0 Å². The Labute approximate surface area is 93.6 Å². The smallest absolute Gasteiger partial charge is 0.416 e. The van der Waals surface area contributed by atoms with Crippen LogP contribution in [0, 0.1) is 5.82 Å². The van der Waals surface area contributed by atoms with Crippen LogP contribution in [0.25, 0.3) is 0 Å². The number of aliphatic hydroxyl groups excluding tert-OH is 1. The minimum Gasteiger partial charge on any atom is -0.467 e. The van der Waals surface area contributed by atoms with Gasteiger partial charge in [-0.1, -0.05) is 0 Å². The molecule has 0 aliphatic carbocycles. The molecule has 1 unspecified atom stereocenters. The van der Waals surface area contributed by atoms with E-state index in [-0.39, 0.29) is 0 Å². The number of methoxy groups -OCH3 is 1. The van der Waals surface area contributed by atoms with Crippen LogP contribution in [0.4, 0.5) is 17.6 Å². The maximum Gasteiger partial charge on any atom is 0.416 e. The van der Waals surface area contributed by atoms with Crippen molar-refractivity contribution in [3.8, 4) is 0 Å². The van der Waals surface area contributed by atoms with Crippen molar-refractivity contribution in [1.29, 1.82) is 0 Å². The molecule has 0 amide bonds. The van der Waals surface area contributed by atoms with Gasteiger partial charge in [0.15, 0.2) is 6.10 Å². The largest absolute Gasteiger partial charge is 0.467 e. The van der Waals surface area contributed by atoms with Crippen molar-refractivity contribution in [2.45, 2.75) is 12.3 Å². The molecule has 7 heteroatoms. The van der Waals surface area contributed by atoms with Crippen LogP contribution in [0.1, 0.15) is 17.2 Å². The molecule has 0 radical (unpaired) electrons. The van der Waals surface area contributed by atoms with Crippen molar-refractivity contribution >= 4 is 5.97 Å². The number of hydrogen-bond acceptors (Lipinski definition) is 3. The number of aliphatic hydroxyl groups is 1. The number of esters is 1. The molecule has 17 heavy (non-hydrogen) atoms. The lowest BCUT2D eigenvalue weighted by Gasteiger charge is -2.12. The highest BCUT2D eigenvalue weighted by atomic mass is 19.4. The number of carbonyl (C=O) groups is 1. The molecule has 3 nitrogen and oxygen atoms in total. The van der Waals surface area contributed by atoms with E-state index in [9.17, 15) is 27.5 Å². The minimum atomic E-state index is -4.68. The molecule has 0 saturated heterocycles. The number of hydrogen-bond donors (Lipinski definition) is 1. The third-order valence-electron chi connectivity index (χ3n) is 2.04. The second-order valence-corrected chi connectivity index (χ2v) is 3.16. The third kappa shape index (κ3) is 2.94. The molecule has 1 N–H and O–H groups in total. The molecule has 0 aliphatic heterocycles. The maximum absolute atomic E-state index is 13.2. The Morgan fingerprint density at radius 3 is 2.47 bits per heavy atom. The number of halogens is 4. The lowest BCUT2D eigenvalue weighted by Crippen LogP contribution is -2.16. The standard InChI is InChI=1S/C10H8F4O3/c1-17-9(16)8(15)6-4-5(10(12,13)14)2-3-7(6)11/h2-4,8,15H,1H3. The van der Waals surface area contributed by atoms with Crippen molar-refractivity contribution in [2.24, 2.45) is 0 Å². The van der Waals surface area contributed by atoms with Crippen molar-refractivity contribution < 1.29 is 32.2 Å². The van der Waals surface area contributed by atoms with Crippen molar-refractivity contribution in [2.75, 3.05) is 7.11 Å². The predicted octanol–water partition coefficient (Wildman–Crippen LogP) is 2.05. The van der Waals surface area contributed by atoms with Gasteiger partial charge in [0.05, 0.1) is 12.7 Å². The summed E-state index contributed by atoms with van der Waals surface area (Å²) in [6, 6.07) is 1.42. The van der Waals surface area contributed by atoms with Gasteiger partial charge in [-0.2, -0.15) is 13.2 Å². The summed E-state index contributed by atoms with van der Waals surface area (Å²) >= 11 is 0. The van der Waals surface area contributed by atoms with Crippen LogP contribution < -0.4 is 0 Å². The van der Waals surface area contributed by atoms with Crippen LogP contribution >= 0.6 is 0 Å². The lowest BCUT2D eigenvalue weighted by molar-refractivity contribution is -0.151. The average molecular weight is 252 g/mol. The van der Waals surface area contributed by atoms with E-state index in [2.05, 4.69) is 4.74 Å². The highest BCUT2D eigenvalue weighted by Crippen LogP contribution is 2.32. The van der Waals surface area contributed by atoms with Crippen molar-refractivity contribution in [3.63, 3.8) is 0 Å². The number of alkyl halides is 3. The minimum absolute atomic E-state index is 0.372. The van der Waals surface area contributed by atoms with Gasteiger partial charge in [0.1, 0.15) is 5.82 Å². The van der Waals surface area contributed by atoms with Crippen LogP contribution in [0.2, 0.25) is 0 Å². The molecule has 0 bridgehead atoms. The van der Waals surface area contributed by atoms with Crippen LogP contribution in [0.15, 0.2) is 18.2 Å². The Balaban J connectivity index is 3.20. The summed E-state index contributed by atoms with van der Waals surface area (Å²) in [6.45, 7) is 0. The molecule has 0 aliphatic rings. The molecule has 94 valence electrons. The Bertz CT molecular complexity index is 428. The van der Waals surface area contributed by atoms with E-state index in [1.165, 1.54) is 0 Å². The van der Waals surface area contributed by atoms with Crippen LogP contribution in [-0.2, 0) is 15.7 Å². The molecule has 0 spiro atoms. The first-order valence-corrected chi connectivity index (χ1v) is 4.40. The summed E-state index contributed by atoms with van der Waals surface area (Å²) in [5, 5.41) is 9.28. The number of ether oxygens (including phenoxy) is 1.